The summed E-state index contributed by atoms with van der Waals surface area (Å²) in [6.07, 6.45) is 0.192. The number of methoxy groups -OCH3 is 2. The molecule has 0 aromatic heterocycles. The molecule has 222 valence electrons. The molecule has 0 saturated carbocycles. The van der Waals surface area contributed by atoms with E-state index < -0.39 is 11.2 Å². The molecule has 0 fully saturated rings. The van der Waals surface area contributed by atoms with Gasteiger partial charge in [-0.25, -0.2) is 0 Å². The van der Waals surface area contributed by atoms with Crippen LogP contribution in [0.15, 0.2) is 30.3 Å². The van der Waals surface area contributed by atoms with Crippen LogP contribution in [0, 0.1) is 0 Å². The molecule has 0 aliphatic heterocycles. The number of nitrogens with zero attached hydrogens (tertiary/aromatic N) is 1. The molecule has 0 radical (unpaired) electrons. The van der Waals surface area contributed by atoms with Crippen molar-refractivity contribution in [3.8, 4) is 0 Å². The SMILES string of the molecule is CNC(C)[C@@H](CC(=O)OC(C)(C)C)OC.CO[C@H](CC(=O)OC(C)(C)C)[C@H](C)N(C)Cc1ccccc1.Cl. The Bertz CT molecular complexity index is 780. The molecule has 38 heavy (non-hydrogen) atoms. The van der Waals surface area contributed by atoms with Crippen molar-refractivity contribution < 1.29 is 28.5 Å². The lowest BCUT2D eigenvalue weighted by Gasteiger charge is -2.31. The number of nitrogens with one attached hydrogen (secondary N) is 1. The summed E-state index contributed by atoms with van der Waals surface area (Å²) in [5, 5.41) is 3.05. The molecule has 9 heteroatoms. The number of hydrogen-bond donors (Lipinski definition) is 1. The smallest absolute Gasteiger partial charge is 0.309 e. The Kier molecular flexibility index (Phi) is 18.8. The maximum atomic E-state index is 12.0. The molecule has 1 aromatic carbocycles. The topological polar surface area (TPSA) is 86.3 Å². The van der Waals surface area contributed by atoms with Crippen molar-refractivity contribution in [1.29, 1.82) is 0 Å². The van der Waals surface area contributed by atoms with E-state index in [2.05, 4.69) is 29.3 Å². The van der Waals surface area contributed by atoms with Gasteiger partial charge in [0.2, 0.25) is 0 Å². The quantitative estimate of drug-likeness (QED) is 0.357. The van der Waals surface area contributed by atoms with Gasteiger partial charge >= 0.3 is 11.9 Å². The molecule has 0 spiro atoms. The highest BCUT2D eigenvalue weighted by molar-refractivity contribution is 5.85. The van der Waals surface area contributed by atoms with E-state index in [4.69, 9.17) is 18.9 Å². The summed E-state index contributed by atoms with van der Waals surface area (Å²) < 4.78 is 21.3. The number of esters is 2. The normalized spacial score (nSPS) is 14.8. The summed E-state index contributed by atoms with van der Waals surface area (Å²) in [5.41, 5.74) is 0.344. The number of halogens is 1. The van der Waals surface area contributed by atoms with E-state index in [1.54, 1.807) is 14.2 Å². The Labute approximate surface area is 237 Å². The lowest BCUT2D eigenvalue weighted by molar-refractivity contribution is -0.159. The first-order chi connectivity index (χ1) is 17.0. The Morgan fingerprint density at radius 1 is 0.842 bits per heavy atom. The van der Waals surface area contributed by atoms with Gasteiger partial charge in [0.1, 0.15) is 11.2 Å². The first-order valence-corrected chi connectivity index (χ1v) is 12.9. The van der Waals surface area contributed by atoms with Crippen molar-refractivity contribution in [3.05, 3.63) is 35.9 Å². The van der Waals surface area contributed by atoms with E-state index >= 15 is 0 Å². The van der Waals surface area contributed by atoms with Gasteiger partial charge in [-0.1, -0.05) is 30.3 Å². The van der Waals surface area contributed by atoms with E-state index in [9.17, 15) is 9.59 Å². The number of ether oxygens (including phenoxy) is 4. The van der Waals surface area contributed by atoms with E-state index in [1.807, 2.05) is 80.8 Å². The van der Waals surface area contributed by atoms with Crippen LogP contribution in [-0.4, -0.2) is 80.6 Å². The van der Waals surface area contributed by atoms with Crippen LogP contribution in [-0.2, 0) is 35.1 Å². The van der Waals surface area contributed by atoms with Gasteiger partial charge in [-0.2, -0.15) is 0 Å². The molecule has 1 rings (SSSR count). The number of likely N-dealkylation sites (N-methyl/N-ethyl adjacent to an activating group) is 2. The predicted octanol–water partition coefficient (Wildman–Crippen LogP) is 5.02. The van der Waals surface area contributed by atoms with Crippen LogP contribution in [0.1, 0.15) is 73.8 Å². The molecule has 0 aliphatic carbocycles. The number of carbonyl (C=O) groups excluding carboxylic acids is 2. The summed E-state index contributed by atoms with van der Waals surface area (Å²) in [6, 6.07) is 10.5. The number of benzene rings is 1. The second kappa shape index (κ2) is 18.6. The maximum absolute atomic E-state index is 12.0. The molecule has 0 saturated heterocycles. The molecular formula is C29H53ClN2O6. The van der Waals surface area contributed by atoms with Crippen LogP contribution in [0.4, 0.5) is 0 Å². The van der Waals surface area contributed by atoms with Crippen molar-refractivity contribution >= 4 is 24.3 Å². The van der Waals surface area contributed by atoms with Gasteiger partial charge < -0.3 is 24.3 Å². The third-order valence-electron chi connectivity index (χ3n) is 5.70. The van der Waals surface area contributed by atoms with Crippen LogP contribution < -0.4 is 5.32 Å². The zero-order valence-corrected chi connectivity index (χ0v) is 26.4. The van der Waals surface area contributed by atoms with Gasteiger partial charge in [-0.05, 0) is 75.0 Å². The van der Waals surface area contributed by atoms with Gasteiger partial charge in [0, 0.05) is 32.8 Å². The van der Waals surface area contributed by atoms with Gasteiger partial charge in [0.15, 0.2) is 0 Å². The molecule has 0 heterocycles. The Hall–Kier alpha value is -1.71. The van der Waals surface area contributed by atoms with Crippen LogP contribution in [0.2, 0.25) is 0 Å². The highest BCUT2D eigenvalue weighted by atomic mass is 35.5. The zero-order chi connectivity index (χ0) is 28.8. The molecule has 1 aromatic rings. The highest BCUT2D eigenvalue weighted by Crippen LogP contribution is 2.16. The van der Waals surface area contributed by atoms with Crippen molar-refractivity contribution in [1.82, 2.24) is 10.2 Å². The Balaban J connectivity index is 0. The molecular weight excluding hydrogens is 508 g/mol. The lowest BCUT2D eigenvalue weighted by Crippen LogP contribution is -2.41. The number of rotatable bonds is 12. The monoisotopic (exact) mass is 560 g/mol. The fourth-order valence-corrected chi connectivity index (χ4v) is 3.50. The fourth-order valence-electron chi connectivity index (χ4n) is 3.50. The fraction of sp³-hybridized carbons (Fsp3) is 0.724. The average Bonchev–Trinajstić information content (AvgIpc) is 2.78. The molecule has 4 atom stereocenters. The summed E-state index contributed by atoms with van der Waals surface area (Å²) in [7, 11) is 7.12. The predicted molar refractivity (Wildman–Crippen MR) is 156 cm³/mol. The van der Waals surface area contributed by atoms with Crippen molar-refractivity contribution in [2.75, 3.05) is 28.3 Å². The van der Waals surface area contributed by atoms with Crippen LogP contribution in [0.3, 0.4) is 0 Å². The van der Waals surface area contributed by atoms with Crippen LogP contribution in [0.25, 0.3) is 0 Å². The third kappa shape index (κ3) is 17.7. The Morgan fingerprint density at radius 3 is 1.63 bits per heavy atom. The zero-order valence-electron chi connectivity index (χ0n) is 25.6. The van der Waals surface area contributed by atoms with Crippen molar-refractivity contribution in [2.24, 2.45) is 0 Å². The van der Waals surface area contributed by atoms with Gasteiger partial charge in [-0.3, -0.25) is 14.5 Å². The van der Waals surface area contributed by atoms with Crippen LogP contribution in [0.5, 0.6) is 0 Å². The minimum Gasteiger partial charge on any atom is -0.460 e. The number of hydrogen-bond acceptors (Lipinski definition) is 8. The average molecular weight is 561 g/mol. The minimum absolute atomic E-state index is 0. The Morgan fingerprint density at radius 2 is 1.26 bits per heavy atom. The van der Waals surface area contributed by atoms with E-state index in [0.29, 0.717) is 0 Å². The molecule has 0 aliphatic rings. The maximum Gasteiger partial charge on any atom is 0.309 e. The second-order valence-corrected chi connectivity index (χ2v) is 11.3. The lowest BCUT2D eigenvalue weighted by atomic mass is 10.1. The van der Waals surface area contributed by atoms with Crippen LogP contribution >= 0.6 is 12.4 Å². The van der Waals surface area contributed by atoms with Gasteiger partial charge in [-0.15, -0.1) is 12.4 Å². The van der Waals surface area contributed by atoms with E-state index in [1.165, 1.54) is 5.56 Å². The first-order valence-electron chi connectivity index (χ1n) is 12.9. The van der Waals surface area contributed by atoms with E-state index in [0.717, 1.165) is 6.54 Å². The molecule has 0 bridgehead atoms. The van der Waals surface area contributed by atoms with Crippen molar-refractivity contribution in [3.63, 3.8) is 0 Å². The molecule has 0 amide bonds. The summed E-state index contributed by atoms with van der Waals surface area (Å²) >= 11 is 0. The number of carbonyl (C=O) groups is 2. The van der Waals surface area contributed by atoms with Gasteiger partial charge in [0.25, 0.3) is 0 Å². The third-order valence-corrected chi connectivity index (χ3v) is 5.70. The van der Waals surface area contributed by atoms with Gasteiger partial charge in [0.05, 0.1) is 25.0 Å². The summed E-state index contributed by atoms with van der Waals surface area (Å²) in [5.74, 6) is -0.448. The highest BCUT2D eigenvalue weighted by Gasteiger charge is 2.27. The first kappa shape index (κ1) is 38.4. The molecule has 1 N–H and O–H groups in total. The standard InChI is InChI=1S/C18H29NO3.C11H23NO3.ClH/c1-14(19(5)13-15-10-8-7-9-11-15)16(21-6)12-17(20)22-18(2,3)4;1-8(12-5)9(14-6)7-10(13)15-11(2,3)4;/h7-11,14,16H,12-13H2,1-6H3;8-9,12H,7H2,1-6H3;1H/t14-,16+;8?,9-;/m01./s1. The van der Waals surface area contributed by atoms with E-state index in [-0.39, 0.29) is 61.5 Å². The molecule has 8 nitrogen and oxygen atoms in total. The summed E-state index contributed by atoms with van der Waals surface area (Å²) in [4.78, 5) is 25.7. The largest absolute Gasteiger partial charge is 0.460 e. The minimum atomic E-state index is -0.464. The summed E-state index contributed by atoms with van der Waals surface area (Å²) in [6.45, 7) is 16.0. The molecule has 1 unspecified atom stereocenters. The second-order valence-electron chi connectivity index (χ2n) is 11.3. The van der Waals surface area contributed by atoms with Crippen molar-refractivity contribution in [2.45, 2.75) is 110 Å².